The second kappa shape index (κ2) is 3.57. The van der Waals surface area contributed by atoms with Crippen molar-refractivity contribution in [1.82, 2.24) is 0 Å². The topological polar surface area (TPSA) is 26.0 Å². The fraction of sp³-hybridized carbons (Fsp3) is 1.00. The van der Waals surface area contributed by atoms with Crippen molar-refractivity contribution >= 4 is 0 Å². The van der Waals surface area contributed by atoms with Gasteiger partial charge in [0, 0.05) is 6.04 Å². The molecule has 0 aromatic rings. The summed E-state index contributed by atoms with van der Waals surface area (Å²) >= 11 is 0. The third kappa shape index (κ3) is 2.82. The Balaban J connectivity index is 2.21. The van der Waals surface area contributed by atoms with Crippen LogP contribution >= 0.6 is 0 Å². The third-order valence-corrected chi connectivity index (χ3v) is 2.78. The van der Waals surface area contributed by atoms with E-state index in [2.05, 4.69) is 20.8 Å². The number of nitrogens with two attached hydrogens (primary N) is 1. The zero-order chi connectivity index (χ0) is 8.43. The van der Waals surface area contributed by atoms with Crippen molar-refractivity contribution in [2.45, 2.75) is 46.1 Å². The molecule has 2 N–H and O–H groups in total. The average molecular weight is 155 g/mol. The molecular formula is C10H21N. The highest BCUT2D eigenvalue weighted by Crippen LogP contribution is 2.38. The molecule has 0 aromatic carbocycles. The molecule has 66 valence electrons. The first-order valence-electron chi connectivity index (χ1n) is 4.87. The quantitative estimate of drug-likeness (QED) is 0.663. The summed E-state index contributed by atoms with van der Waals surface area (Å²) in [5, 5.41) is 0. The minimum atomic E-state index is 0.447. The lowest BCUT2D eigenvalue weighted by Gasteiger charge is -2.20. The first kappa shape index (κ1) is 9.05. The van der Waals surface area contributed by atoms with Crippen LogP contribution in [-0.4, -0.2) is 6.04 Å². The highest BCUT2D eigenvalue weighted by atomic mass is 14.7. The molecule has 1 aliphatic carbocycles. The standard InChI is InChI=1S/C10H21N/c1-7(2)6-10(11)8(3)9-4-5-9/h7-10H,4-6,11H2,1-3H3. The van der Waals surface area contributed by atoms with Crippen LogP contribution in [0.3, 0.4) is 0 Å². The van der Waals surface area contributed by atoms with Crippen molar-refractivity contribution < 1.29 is 0 Å². The van der Waals surface area contributed by atoms with Crippen molar-refractivity contribution in [2.24, 2.45) is 23.5 Å². The highest BCUT2D eigenvalue weighted by Gasteiger charge is 2.31. The first-order valence-corrected chi connectivity index (χ1v) is 4.87. The molecule has 11 heavy (non-hydrogen) atoms. The van der Waals surface area contributed by atoms with Gasteiger partial charge in [0.2, 0.25) is 0 Å². The molecule has 1 saturated carbocycles. The van der Waals surface area contributed by atoms with Gasteiger partial charge in [0.05, 0.1) is 0 Å². The van der Waals surface area contributed by atoms with Crippen LogP contribution in [0, 0.1) is 17.8 Å². The summed E-state index contributed by atoms with van der Waals surface area (Å²) in [6.45, 7) is 6.81. The lowest BCUT2D eigenvalue weighted by Crippen LogP contribution is -2.30. The van der Waals surface area contributed by atoms with E-state index in [-0.39, 0.29) is 0 Å². The lowest BCUT2D eigenvalue weighted by molar-refractivity contribution is 0.352. The molecule has 0 spiro atoms. The SMILES string of the molecule is CC(C)CC(N)C(C)C1CC1. The minimum Gasteiger partial charge on any atom is -0.327 e. The molecule has 1 aliphatic rings. The Labute approximate surface area is 70.4 Å². The Hall–Kier alpha value is -0.0400. The van der Waals surface area contributed by atoms with Crippen LogP contribution in [0.1, 0.15) is 40.0 Å². The van der Waals surface area contributed by atoms with Crippen LogP contribution in [0.5, 0.6) is 0 Å². The third-order valence-electron chi connectivity index (χ3n) is 2.78. The summed E-state index contributed by atoms with van der Waals surface area (Å²) in [5.74, 6) is 2.48. The van der Waals surface area contributed by atoms with E-state index in [9.17, 15) is 0 Å². The molecule has 0 aliphatic heterocycles. The van der Waals surface area contributed by atoms with Gasteiger partial charge in [-0.15, -0.1) is 0 Å². The predicted molar refractivity (Wildman–Crippen MR) is 49.3 cm³/mol. The molecule has 0 saturated heterocycles. The summed E-state index contributed by atoms with van der Waals surface area (Å²) in [5.41, 5.74) is 6.06. The Morgan fingerprint density at radius 1 is 1.27 bits per heavy atom. The fourth-order valence-electron chi connectivity index (χ4n) is 1.73. The van der Waals surface area contributed by atoms with Gasteiger partial charge in [-0.2, -0.15) is 0 Å². The molecule has 0 bridgehead atoms. The summed E-state index contributed by atoms with van der Waals surface area (Å²) in [6.07, 6.45) is 4.04. The molecule has 0 heterocycles. The Kier molecular flexibility index (Phi) is 2.94. The molecular weight excluding hydrogens is 134 g/mol. The van der Waals surface area contributed by atoms with E-state index in [1.54, 1.807) is 0 Å². The monoisotopic (exact) mass is 155 g/mol. The summed E-state index contributed by atoms with van der Waals surface area (Å²) in [6, 6.07) is 0.447. The van der Waals surface area contributed by atoms with Gasteiger partial charge in [0.25, 0.3) is 0 Å². The zero-order valence-electron chi connectivity index (χ0n) is 8.01. The van der Waals surface area contributed by atoms with Crippen LogP contribution in [0.25, 0.3) is 0 Å². The highest BCUT2D eigenvalue weighted by molar-refractivity contribution is 4.85. The van der Waals surface area contributed by atoms with Crippen molar-refractivity contribution in [3.63, 3.8) is 0 Å². The molecule has 2 unspecified atom stereocenters. The molecule has 0 radical (unpaired) electrons. The van der Waals surface area contributed by atoms with Crippen LogP contribution in [0.2, 0.25) is 0 Å². The van der Waals surface area contributed by atoms with Crippen molar-refractivity contribution in [1.29, 1.82) is 0 Å². The first-order chi connectivity index (χ1) is 5.11. The normalized spacial score (nSPS) is 23.7. The van der Waals surface area contributed by atoms with Gasteiger partial charge >= 0.3 is 0 Å². The Bertz CT molecular complexity index is 116. The van der Waals surface area contributed by atoms with Crippen molar-refractivity contribution in [3.8, 4) is 0 Å². The number of hydrogen-bond acceptors (Lipinski definition) is 1. The number of hydrogen-bond donors (Lipinski definition) is 1. The molecule has 0 amide bonds. The van der Waals surface area contributed by atoms with Crippen molar-refractivity contribution in [3.05, 3.63) is 0 Å². The van der Waals surface area contributed by atoms with Gasteiger partial charge in [0.1, 0.15) is 0 Å². The van der Waals surface area contributed by atoms with Gasteiger partial charge in [-0.1, -0.05) is 20.8 Å². The zero-order valence-corrected chi connectivity index (χ0v) is 8.01. The molecule has 2 atom stereocenters. The minimum absolute atomic E-state index is 0.447. The predicted octanol–water partition coefficient (Wildman–Crippen LogP) is 2.41. The smallest absolute Gasteiger partial charge is 0.00696 e. The van der Waals surface area contributed by atoms with Gasteiger partial charge in [-0.05, 0) is 37.0 Å². The Morgan fingerprint density at radius 3 is 2.18 bits per heavy atom. The van der Waals surface area contributed by atoms with Gasteiger partial charge in [-0.3, -0.25) is 0 Å². The maximum atomic E-state index is 6.06. The van der Waals surface area contributed by atoms with Crippen LogP contribution < -0.4 is 5.73 Å². The molecule has 1 fully saturated rings. The van der Waals surface area contributed by atoms with E-state index in [0.717, 1.165) is 17.8 Å². The van der Waals surface area contributed by atoms with E-state index < -0.39 is 0 Å². The van der Waals surface area contributed by atoms with Crippen LogP contribution in [0.4, 0.5) is 0 Å². The fourth-order valence-corrected chi connectivity index (χ4v) is 1.73. The summed E-state index contributed by atoms with van der Waals surface area (Å²) < 4.78 is 0. The lowest BCUT2D eigenvalue weighted by atomic mass is 9.91. The second-order valence-corrected chi connectivity index (χ2v) is 4.49. The van der Waals surface area contributed by atoms with Crippen molar-refractivity contribution in [2.75, 3.05) is 0 Å². The van der Waals surface area contributed by atoms with Crippen LogP contribution in [0.15, 0.2) is 0 Å². The van der Waals surface area contributed by atoms with Crippen LogP contribution in [-0.2, 0) is 0 Å². The maximum absolute atomic E-state index is 6.06. The van der Waals surface area contributed by atoms with E-state index in [1.807, 2.05) is 0 Å². The maximum Gasteiger partial charge on any atom is 0.00696 e. The van der Waals surface area contributed by atoms with E-state index >= 15 is 0 Å². The Morgan fingerprint density at radius 2 is 1.82 bits per heavy atom. The second-order valence-electron chi connectivity index (χ2n) is 4.49. The number of rotatable bonds is 4. The van der Waals surface area contributed by atoms with Gasteiger partial charge in [-0.25, -0.2) is 0 Å². The molecule has 0 aromatic heterocycles. The van der Waals surface area contributed by atoms with Gasteiger partial charge < -0.3 is 5.73 Å². The van der Waals surface area contributed by atoms with Gasteiger partial charge in [0.15, 0.2) is 0 Å². The van der Waals surface area contributed by atoms with E-state index in [4.69, 9.17) is 5.73 Å². The summed E-state index contributed by atoms with van der Waals surface area (Å²) in [4.78, 5) is 0. The average Bonchev–Trinajstić information content (AvgIpc) is 2.65. The van der Waals surface area contributed by atoms with E-state index in [1.165, 1.54) is 19.3 Å². The van der Waals surface area contributed by atoms with E-state index in [0.29, 0.717) is 6.04 Å². The summed E-state index contributed by atoms with van der Waals surface area (Å²) in [7, 11) is 0. The largest absolute Gasteiger partial charge is 0.327 e. The molecule has 1 heteroatoms. The molecule has 1 nitrogen and oxygen atoms in total. The molecule has 1 rings (SSSR count).